The standard InChI is InChI=1S/C17H16ClNO/c18-14-8-6-12(7-9-14)11-16(20)15-5-1-3-13-4-2-10-19-17(13)15/h2,4,6-10,15H,1,3,5,11H2. The smallest absolute Gasteiger partial charge is 0.146 e. The molecule has 1 aromatic heterocycles. The first-order valence-corrected chi connectivity index (χ1v) is 7.33. The molecule has 20 heavy (non-hydrogen) atoms. The number of fused-ring (bicyclic) bond motifs is 1. The van der Waals surface area contributed by atoms with E-state index in [1.54, 1.807) is 6.20 Å². The lowest BCUT2D eigenvalue weighted by Crippen LogP contribution is -2.21. The van der Waals surface area contributed by atoms with Crippen LogP contribution in [-0.4, -0.2) is 10.8 Å². The van der Waals surface area contributed by atoms with Crippen LogP contribution in [0.4, 0.5) is 0 Å². The molecule has 2 nitrogen and oxygen atoms in total. The topological polar surface area (TPSA) is 30.0 Å². The zero-order chi connectivity index (χ0) is 13.9. The molecule has 0 amide bonds. The van der Waals surface area contributed by atoms with Crippen molar-refractivity contribution in [2.75, 3.05) is 0 Å². The van der Waals surface area contributed by atoms with E-state index < -0.39 is 0 Å². The second kappa shape index (κ2) is 5.76. The van der Waals surface area contributed by atoms with Crippen molar-refractivity contribution in [2.24, 2.45) is 0 Å². The average Bonchev–Trinajstić information content (AvgIpc) is 2.49. The number of benzene rings is 1. The molecule has 1 aliphatic rings. The van der Waals surface area contributed by atoms with Gasteiger partial charge < -0.3 is 0 Å². The van der Waals surface area contributed by atoms with Gasteiger partial charge in [-0.1, -0.05) is 29.8 Å². The first-order chi connectivity index (χ1) is 9.74. The van der Waals surface area contributed by atoms with E-state index in [4.69, 9.17) is 11.6 Å². The Morgan fingerprint density at radius 3 is 2.85 bits per heavy atom. The van der Waals surface area contributed by atoms with Gasteiger partial charge in [0.05, 0.1) is 11.6 Å². The van der Waals surface area contributed by atoms with E-state index in [1.807, 2.05) is 30.3 Å². The summed E-state index contributed by atoms with van der Waals surface area (Å²) < 4.78 is 0. The highest BCUT2D eigenvalue weighted by atomic mass is 35.5. The number of halogens is 1. The maximum Gasteiger partial charge on any atom is 0.146 e. The Morgan fingerprint density at radius 1 is 1.25 bits per heavy atom. The zero-order valence-corrected chi connectivity index (χ0v) is 11.9. The first kappa shape index (κ1) is 13.3. The molecular formula is C17H16ClNO. The molecule has 0 saturated carbocycles. The molecule has 3 heteroatoms. The quantitative estimate of drug-likeness (QED) is 0.854. The van der Waals surface area contributed by atoms with Crippen molar-refractivity contribution in [3.05, 3.63) is 64.4 Å². The molecule has 2 aromatic rings. The molecule has 1 aliphatic carbocycles. The highest BCUT2D eigenvalue weighted by Crippen LogP contribution is 2.31. The lowest BCUT2D eigenvalue weighted by Gasteiger charge is -2.23. The number of hydrogen-bond donors (Lipinski definition) is 0. The van der Waals surface area contributed by atoms with E-state index in [-0.39, 0.29) is 11.7 Å². The highest BCUT2D eigenvalue weighted by molar-refractivity contribution is 6.30. The normalized spacial score (nSPS) is 17.6. The third-order valence-corrected chi connectivity index (χ3v) is 4.13. The molecule has 1 heterocycles. The van der Waals surface area contributed by atoms with Gasteiger partial charge in [-0.05, 0) is 48.6 Å². The van der Waals surface area contributed by atoms with Crippen molar-refractivity contribution in [3.8, 4) is 0 Å². The molecule has 1 aromatic carbocycles. The summed E-state index contributed by atoms with van der Waals surface area (Å²) in [5.41, 5.74) is 3.23. The summed E-state index contributed by atoms with van der Waals surface area (Å²) in [5.74, 6) is 0.211. The molecule has 0 bridgehead atoms. The predicted octanol–water partition coefficient (Wildman–Crippen LogP) is 3.97. The summed E-state index contributed by atoms with van der Waals surface area (Å²) in [6, 6.07) is 11.5. The minimum Gasteiger partial charge on any atom is -0.299 e. The minimum absolute atomic E-state index is 0.0457. The molecule has 3 rings (SSSR count). The second-order valence-corrected chi connectivity index (χ2v) is 5.70. The van der Waals surface area contributed by atoms with E-state index in [0.717, 1.165) is 30.5 Å². The van der Waals surface area contributed by atoms with Gasteiger partial charge in [-0.2, -0.15) is 0 Å². The van der Waals surface area contributed by atoms with Gasteiger partial charge >= 0.3 is 0 Å². The minimum atomic E-state index is -0.0457. The number of aromatic nitrogens is 1. The van der Waals surface area contributed by atoms with E-state index in [0.29, 0.717) is 11.4 Å². The number of carbonyl (C=O) groups excluding carboxylic acids is 1. The van der Waals surface area contributed by atoms with Crippen LogP contribution in [0.15, 0.2) is 42.6 Å². The average molecular weight is 286 g/mol. The van der Waals surface area contributed by atoms with E-state index >= 15 is 0 Å². The SMILES string of the molecule is O=C(Cc1ccc(Cl)cc1)C1CCCc2cccnc21. The lowest BCUT2D eigenvalue weighted by atomic mass is 9.82. The molecule has 102 valence electrons. The number of aryl methyl sites for hydroxylation is 1. The molecular weight excluding hydrogens is 270 g/mol. The van der Waals surface area contributed by atoms with Crippen molar-refractivity contribution in [3.63, 3.8) is 0 Å². The van der Waals surface area contributed by atoms with E-state index in [2.05, 4.69) is 11.1 Å². The van der Waals surface area contributed by atoms with Gasteiger partial charge in [0.25, 0.3) is 0 Å². The Kier molecular flexibility index (Phi) is 3.83. The number of pyridine rings is 1. The zero-order valence-electron chi connectivity index (χ0n) is 11.2. The second-order valence-electron chi connectivity index (χ2n) is 5.26. The maximum absolute atomic E-state index is 12.5. The van der Waals surface area contributed by atoms with Crippen LogP contribution < -0.4 is 0 Å². The summed E-state index contributed by atoms with van der Waals surface area (Å²) in [7, 11) is 0. The van der Waals surface area contributed by atoms with Gasteiger partial charge in [0.1, 0.15) is 5.78 Å². The van der Waals surface area contributed by atoms with Crippen molar-refractivity contribution >= 4 is 17.4 Å². The molecule has 1 unspecified atom stereocenters. The number of nitrogens with zero attached hydrogens (tertiary/aromatic N) is 1. The maximum atomic E-state index is 12.5. The monoisotopic (exact) mass is 285 g/mol. The fourth-order valence-corrected chi connectivity index (χ4v) is 2.98. The van der Waals surface area contributed by atoms with Crippen LogP contribution in [0.1, 0.15) is 35.6 Å². The van der Waals surface area contributed by atoms with Gasteiger partial charge in [-0.3, -0.25) is 9.78 Å². The van der Waals surface area contributed by atoms with Gasteiger partial charge in [0.2, 0.25) is 0 Å². The van der Waals surface area contributed by atoms with Crippen molar-refractivity contribution in [1.82, 2.24) is 4.98 Å². The van der Waals surface area contributed by atoms with Crippen LogP contribution in [0, 0.1) is 0 Å². The van der Waals surface area contributed by atoms with Crippen molar-refractivity contribution in [2.45, 2.75) is 31.6 Å². The summed E-state index contributed by atoms with van der Waals surface area (Å²) in [6.07, 6.45) is 5.25. The van der Waals surface area contributed by atoms with Gasteiger partial charge in [-0.25, -0.2) is 0 Å². The molecule has 0 N–H and O–H groups in total. The Balaban J connectivity index is 1.80. The Hall–Kier alpha value is -1.67. The fraction of sp³-hybridized carbons (Fsp3) is 0.294. The number of hydrogen-bond acceptors (Lipinski definition) is 2. The van der Waals surface area contributed by atoms with Crippen LogP contribution in [0.2, 0.25) is 5.02 Å². The van der Waals surface area contributed by atoms with Crippen LogP contribution in [0.3, 0.4) is 0 Å². The molecule has 0 aliphatic heterocycles. The molecule has 0 spiro atoms. The van der Waals surface area contributed by atoms with Crippen molar-refractivity contribution < 1.29 is 4.79 Å². The van der Waals surface area contributed by atoms with Crippen molar-refractivity contribution in [1.29, 1.82) is 0 Å². The first-order valence-electron chi connectivity index (χ1n) is 6.95. The van der Waals surface area contributed by atoms with E-state index in [1.165, 1.54) is 5.56 Å². The fourth-order valence-electron chi connectivity index (χ4n) is 2.85. The number of rotatable bonds is 3. The highest BCUT2D eigenvalue weighted by Gasteiger charge is 2.27. The van der Waals surface area contributed by atoms with Gasteiger partial charge in [-0.15, -0.1) is 0 Å². The predicted molar refractivity (Wildman–Crippen MR) is 80.1 cm³/mol. The van der Waals surface area contributed by atoms with Crippen LogP contribution in [0.5, 0.6) is 0 Å². The summed E-state index contributed by atoms with van der Waals surface area (Å²) in [5, 5.41) is 0.700. The number of carbonyl (C=O) groups is 1. The summed E-state index contributed by atoms with van der Waals surface area (Å²) >= 11 is 5.87. The lowest BCUT2D eigenvalue weighted by molar-refractivity contribution is -0.120. The summed E-state index contributed by atoms with van der Waals surface area (Å²) in [6.45, 7) is 0. The van der Waals surface area contributed by atoms with Gasteiger partial charge in [0, 0.05) is 17.6 Å². The van der Waals surface area contributed by atoms with Gasteiger partial charge in [0.15, 0.2) is 0 Å². The van der Waals surface area contributed by atoms with E-state index in [9.17, 15) is 4.79 Å². The Bertz CT molecular complexity index is 621. The van der Waals surface area contributed by atoms with Crippen LogP contribution in [0.25, 0.3) is 0 Å². The third kappa shape index (κ3) is 2.75. The summed E-state index contributed by atoms with van der Waals surface area (Å²) in [4.78, 5) is 17.0. The number of ketones is 1. The molecule has 1 atom stereocenters. The molecule has 0 radical (unpaired) electrons. The Morgan fingerprint density at radius 2 is 2.05 bits per heavy atom. The third-order valence-electron chi connectivity index (χ3n) is 3.88. The molecule has 0 fully saturated rings. The molecule has 0 saturated heterocycles. The largest absolute Gasteiger partial charge is 0.299 e. The van der Waals surface area contributed by atoms with Crippen LogP contribution in [-0.2, 0) is 17.6 Å². The number of Topliss-reactive ketones (excluding diaryl/α,β-unsaturated/α-hetero) is 1. The Labute approximate surface area is 123 Å². The van der Waals surface area contributed by atoms with Crippen LogP contribution >= 0.6 is 11.6 Å².